The zero-order valence-electron chi connectivity index (χ0n) is 20.8. The third-order valence-corrected chi connectivity index (χ3v) is 5.39. The Morgan fingerprint density at radius 1 is 0.943 bits per heavy atom. The Morgan fingerprint density at radius 3 is 2.26 bits per heavy atom. The number of carbonyl (C=O) groups is 2. The monoisotopic (exact) mass is 476 g/mol. The average Bonchev–Trinajstić information content (AvgIpc) is 2.80. The minimum Gasteiger partial charge on any atom is -0.481 e. The molecule has 3 aromatic rings. The van der Waals surface area contributed by atoms with Crippen LogP contribution < -0.4 is 10.1 Å². The van der Waals surface area contributed by atoms with E-state index in [1.807, 2.05) is 82.3 Å². The van der Waals surface area contributed by atoms with Crippen LogP contribution in [0.25, 0.3) is 0 Å². The van der Waals surface area contributed by atoms with Crippen LogP contribution in [0.4, 0.5) is 4.39 Å². The molecule has 0 radical (unpaired) electrons. The molecule has 0 bridgehead atoms. The first kappa shape index (κ1) is 25.9. The van der Waals surface area contributed by atoms with Crippen molar-refractivity contribution in [2.45, 2.75) is 52.2 Å². The van der Waals surface area contributed by atoms with Crippen molar-refractivity contribution in [3.8, 4) is 5.75 Å². The summed E-state index contributed by atoms with van der Waals surface area (Å²) in [4.78, 5) is 28.5. The van der Waals surface area contributed by atoms with Crippen molar-refractivity contribution in [3.05, 3.63) is 101 Å². The summed E-state index contributed by atoms with van der Waals surface area (Å²) in [6.45, 7) is 7.51. The third-order valence-electron chi connectivity index (χ3n) is 5.39. The fraction of sp³-hybridized carbons (Fsp3) is 0.310. The molecule has 1 N–H and O–H groups in total. The molecule has 0 unspecified atom stereocenters. The second-order valence-corrected chi connectivity index (χ2v) is 9.67. The number of nitrogens with zero attached hydrogens (tertiary/aromatic N) is 1. The zero-order valence-corrected chi connectivity index (χ0v) is 20.8. The highest BCUT2D eigenvalue weighted by molar-refractivity contribution is 5.89. The standard InChI is InChI=1S/C29H33FN2O3/c1-21-11-10-14-23(17-21)19-32(27(33)20-35-26-16-9-8-15-24(26)30)25(28(34)31-29(2,3)4)18-22-12-6-5-7-13-22/h5-17,25H,18-20H2,1-4H3,(H,31,34)/t25-/m1/s1. The topological polar surface area (TPSA) is 58.6 Å². The van der Waals surface area contributed by atoms with Gasteiger partial charge >= 0.3 is 0 Å². The molecule has 0 saturated carbocycles. The summed E-state index contributed by atoms with van der Waals surface area (Å²) in [5.74, 6) is -1.21. The van der Waals surface area contributed by atoms with Gasteiger partial charge in [-0.15, -0.1) is 0 Å². The van der Waals surface area contributed by atoms with Crippen molar-refractivity contribution >= 4 is 11.8 Å². The molecule has 0 fully saturated rings. The van der Waals surface area contributed by atoms with Crippen LogP contribution in [-0.2, 0) is 22.6 Å². The number of nitrogens with one attached hydrogen (secondary N) is 1. The van der Waals surface area contributed by atoms with Gasteiger partial charge in [0, 0.05) is 18.5 Å². The molecule has 0 aliphatic heterocycles. The predicted molar refractivity (Wildman–Crippen MR) is 135 cm³/mol. The first-order valence-corrected chi connectivity index (χ1v) is 11.7. The molecule has 0 aliphatic rings. The molecule has 5 nitrogen and oxygen atoms in total. The molecule has 35 heavy (non-hydrogen) atoms. The number of para-hydroxylation sites is 1. The van der Waals surface area contributed by atoms with Crippen molar-refractivity contribution in [3.63, 3.8) is 0 Å². The summed E-state index contributed by atoms with van der Waals surface area (Å²) >= 11 is 0. The summed E-state index contributed by atoms with van der Waals surface area (Å²) in [5, 5.41) is 3.02. The largest absolute Gasteiger partial charge is 0.481 e. The van der Waals surface area contributed by atoms with Gasteiger partial charge in [-0.05, 0) is 51.0 Å². The molecule has 0 aromatic heterocycles. The van der Waals surface area contributed by atoms with E-state index in [9.17, 15) is 14.0 Å². The quantitative estimate of drug-likeness (QED) is 0.469. The van der Waals surface area contributed by atoms with Gasteiger partial charge in [-0.3, -0.25) is 9.59 Å². The first-order valence-electron chi connectivity index (χ1n) is 11.7. The molecule has 0 heterocycles. The average molecular weight is 477 g/mol. The maximum Gasteiger partial charge on any atom is 0.261 e. The van der Waals surface area contributed by atoms with E-state index >= 15 is 0 Å². The van der Waals surface area contributed by atoms with Gasteiger partial charge in [0.2, 0.25) is 5.91 Å². The van der Waals surface area contributed by atoms with Crippen LogP contribution in [0.15, 0.2) is 78.9 Å². The van der Waals surface area contributed by atoms with E-state index in [1.165, 1.54) is 17.0 Å². The SMILES string of the molecule is Cc1cccc(CN(C(=O)COc2ccccc2F)[C@H](Cc2ccccc2)C(=O)NC(C)(C)C)c1. The third kappa shape index (κ3) is 7.95. The summed E-state index contributed by atoms with van der Waals surface area (Å²) in [6.07, 6.45) is 0.333. The lowest BCUT2D eigenvalue weighted by Gasteiger charge is -2.33. The summed E-state index contributed by atoms with van der Waals surface area (Å²) < 4.78 is 19.6. The van der Waals surface area contributed by atoms with E-state index < -0.39 is 23.3 Å². The van der Waals surface area contributed by atoms with Crippen molar-refractivity contribution in [2.75, 3.05) is 6.61 Å². The lowest BCUT2D eigenvalue weighted by Crippen LogP contribution is -2.55. The van der Waals surface area contributed by atoms with Gasteiger partial charge in [0.15, 0.2) is 18.2 Å². The molecular weight excluding hydrogens is 443 g/mol. The Bertz CT molecular complexity index is 1140. The van der Waals surface area contributed by atoms with Gasteiger partial charge in [-0.25, -0.2) is 4.39 Å². The maximum atomic E-state index is 14.1. The van der Waals surface area contributed by atoms with E-state index in [1.54, 1.807) is 12.1 Å². The summed E-state index contributed by atoms with van der Waals surface area (Å²) in [5.41, 5.74) is 2.40. The molecule has 0 spiro atoms. The highest BCUT2D eigenvalue weighted by Gasteiger charge is 2.32. The Balaban J connectivity index is 1.94. The Labute approximate surface area is 206 Å². The maximum absolute atomic E-state index is 14.1. The second-order valence-electron chi connectivity index (χ2n) is 9.67. The number of aryl methyl sites for hydroxylation is 1. The fourth-order valence-electron chi connectivity index (χ4n) is 3.80. The minimum absolute atomic E-state index is 0.00453. The van der Waals surface area contributed by atoms with Gasteiger partial charge < -0.3 is 15.0 Å². The molecule has 1 atom stereocenters. The van der Waals surface area contributed by atoms with Crippen LogP contribution >= 0.6 is 0 Å². The van der Waals surface area contributed by atoms with Gasteiger partial charge in [0.05, 0.1) is 0 Å². The van der Waals surface area contributed by atoms with Crippen LogP contribution in [0, 0.1) is 12.7 Å². The number of rotatable bonds is 9. The number of hydrogen-bond donors (Lipinski definition) is 1. The van der Waals surface area contributed by atoms with Gasteiger partial charge in [-0.1, -0.05) is 72.3 Å². The number of hydrogen-bond acceptors (Lipinski definition) is 3. The summed E-state index contributed by atoms with van der Waals surface area (Å²) in [6, 6.07) is 22.6. The molecular formula is C29H33FN2O3. The molecule has 6 heteroatoms. The molecule has 3 aromatic carbocycles. The van der Waals surface area contributed by atoms with E-state index in [-0.39, 0.29) is 24.8 Å². The van der Waals surface area contributed by atoms with E-state index in [0.29, 0.717) is 6.42 Å². The second kappa shape index (κ2) is 11.6. The van der Waals surface area contributed by atoms with Crippen molar-refractivity contribution < 1.29 is 18.7 Å². The molecule has 3 rings (SSSR count). The number of halogens is 1. The highest BCUT2D eigenvalue weighted by atomic mass is 19.1. The van der Waals surface area contributed by atoms with Crippen molar-refractivity contribution in [1.82, 2.24) is 10.2 Å². The summed E-state index contributed by atoms with van der Waals surface area (Å²) in [7, 11) is 0. The normalized spacial score (nSPS) is 12.0. The smallest absolute Gasteiger partial charge is 0.261 e. The Morgan fingerprint density at radius 2 is 1.60 bits per heavy atom. The molecule has 184 valence electrons. The lowest BCUT2D eigenvalue weighted by atomic mass is 10.0. The number of ether oxygens (including phenoxy) is 1. The van der Waals surface area contributed by atoms with Crippen molar-refractivity contribution in [1.29, 1.82) is 0 Å². The molecule has 0 aliphatic carbocycles. The highest BCUT2D eigenvalue weighted by Crippen LogP contribution is 2.19. The van der Waals surface area contributed by atoms with E-state index in [2.05, 4.69) is 5.32 Å². The lowest BCUT2D eigenvalue weighted by molar-refractivity contribution is -0.143. The minimum atomic E-state index is -0.783. The number of benzene rings is 3. The van der Waals surface area contributed by atoms with E-state index in [4.69, 9.17) is 4.74 Å². The first-order chi connectivity index (χ1) is 16.6. The molecule has 2 amide bonds. The van der Waals surface area contributed by atoms with Gasteiger partial charge in [-0.2, -0.15) is 0 Å². The van der Waals surface area contributed by atoms with Crippen molar-refractivity contribution in [2.24, 2.45) is 0 Å². The predicted octanol–water partition coefficient (Wildman–Crippen LogP) is 5.07. The Hall–Kier alpha value is -3.67. The van der Waals surface area contributed by atoms with Gasteiger partial charge in [0.25, 0.3) is 5.91 Å². The molecule has 0 saturated heterocycles. The Kier molecular flexibility index (Phi) is 8.63. The number of carbonyl (C=O) groups excluding carboxylic acids is 2. The van der Waals surface area contributed by atoms with Crippen LogP contribution in [-0.4, -0.2) is 34.9 Å². The van der Waals surface area contributed by atoms with Gasteiger partial charge in [0.1, 0.15) is 6.04 Å². The van der Waals surface area contributed by atoms with Crippen LogP contribution in [0.3, 0.4) is 0 Å². The van der Waals surface area contributed by atoms with Crippen LogP contribution in [0.5, 0.6) is 5.75 Å². The van der Waals surface area contributed by atoms with Crippen LogP contribution in [0.1, 0.15) is 37.5 Å². The van der Waals surface area contributed by atoms with Crippen LogP contribution in [0.2, 0.25) is 0 Å². The number of amides is 2. The fourth-order valence-corrected chi connectivity index (χ4v) is 3.80. The zero-order chi connectivity index (χ0) is 25.4. The van der Waals surface area contributed by atoms with E-state index in [0.717, 1.165) is 16.7 Å².